The van der Waals surface area contributed by atoms with Crippen molar-refractivity contribution in [2.75, 3.05) is 0 Å². The first-order valence-electron chi connectivity index (χ1n) is 17.5. The van der Waals surface area contributed by atoms with Gasteiger partial charge in [-0.2, -0.15) is 0 Å². The summed E-state index contributed by atoms with van der Waals surface area (Å²) < 4.78 is 0. The van der Waals surface area contributed by atoms with E-state index in [1.165, 1.54) is 27.3 Å². The van der Waals surface area contributed by atoms with Crippen LogP contribution in [-0.4, -0.2) is 19.9 Å². The molecule has 242 valence electrons. The topological polar surface area (TPSA) is 51.6 Å². The number of aromatic nitrogens is 4. The second-order valence-electron chi connectivity index (χ2n) is 13.1. The van der Waals surface area contributed by atoms with Gasteiger partial charge in [0.2, 0.25) is 0 Å². The van der Waals surface area contributed by atoms with Gasteiger partial charge in [0.05, 0.1) is 5.52 Å². The van der Waals surface area contributed by atoms with Crippen LogP contribution in [0.1, 0.15) is 0 Å². The Morgan fingerprint density at radius 2 is 0.885 bits per heavy atom. The predicted molar refractivity (Wildman–Crippen MR) is 215 cm³/mol. The van der Waals surface area contributed by atoms with E-state index < -0.39 is 0 Å². The summed E-state index contributed by atoms with van der Waals surface area (Å²) in [6, 6.07) is 61.6. The molecule has 0 N–H and O–H groups in total. The first-order valence-corrected chi connectivity index (χ1v) is 17.5. The summed E-state index contributed by atoms with van der Waals surface area (Å²) in [6.45, 7) is 0. The van der Waals surface area contributed by atoms with Crippen molar-refractivity contribution in [3.63, 3.8) is 0 Å². The molecule has 8 aromatic carbocycles. The van der Waals surface area contributed by atoms with Crippen LogP contribution in [0.2, 0.25) is 0 Å². The van der Waals surface area contributed by atoms with Gasteiger partial charge < -0.3 is 0 Å². The number of benzene rings is 8. The lowest BCUT2D eigenvalue weighted by Gasteiger charge is -2.14. The van der Waals surface area contributed by atoms with Gasteiger partial charge in [-0.15, -0.1) is 0 Å². The average molecular weight is 663 g/mol. The van der Waals surface area contributed by atoms with E-state index in [9.17, 15) is 0 Å². The monoisotopic (exact) mass is 662 g/mol. The third-order valence-electron chi connectivity index (χ3n) is 9.90. The summed E-state index contributed by atoms with van der Waals surface area (Å²) in [5.41, 5.74) is 8.44. The van der Waals surface area contributed by atoms with Crippen molar-refractivity contribution < 1.29 is 0 Å². The van der Waals surface area contributed by atoms with Crippen LogP contribution in [0.15, 0.2) is 182 Å². The van der Waals surface area contributed by atoms with Gasteiger partial charge >= 0.3 is 0 Å². The predicted octanol–water partition coefficient (Wildman–Crippen LogP) is 12.2. The molecule has 4 nitrogen and oxygen atoms in total. The molecule has 0 fully saturated rings. The van der Waals surface area contributed by atoms with Gasteiger partial charge in [-0.25, -0.2) is 15.0 Å². The standard InChI is InChI=1S/C48H30N4/c1-3-11-31(12-4-1)34-20-21-36-28-40(23-22-35(36)27-34)48-51-46(33-13-5-2-6-14-33)50-47(52-48)39-17-9-16-37(29-39)43-30-38-15-7-8-19-41(38)44-42(43)25-24-32-18-10-26-49-45(32)44/h1-30H. The molecule has 10 rings (SSSR count). The van der Waals surface area contributed by atoms with Crippen molar-refractivity contribution in [1.82, 2.24) is 19.9 Å². The number of nitrogens with zero attached hydrogens (tertiary/aromatic N) is 4. The van der Waals surface area contributed by atoms with Crippen LogP contribution in [0, 0.1) is 0 Å². The maximum absolute atomic E-state index is 5.13. The van der Waals surface area contributed by atoms with Gasteiger partial charge in [0.25, 0.3) is 0 Å². The highest BCUT2D eigenvalue weighted by Crippen LogP contribution is 2.39. The minimum atomic E-state index is 0.627. The van der Waals surface area contributed by atoms with E-state index in [2.05, 4.69) is 133 Å². The summed E-state index contributed by atoms with van der Waals surface area (Å²) in [7, 11) is 0. The van der Waals surface area contributed by atoms with Gasteiger partial charge in [0.1, 0.15) is 0 Å². The molecule has 0 saturated carbocycles. The highest BCUT2D eigenvalue weighted by atomic mass is 15.0. The van der Waals surface area contributed by atoms with E-state index >= 15 is 0 Å². The molecule has 0 radical (unpaired) electrons. The van der Waals surface area contributed by atoms with E-state index in [-0.39, 0.29) is 0 Å². The van der Waals surface area contributed by atoms with Gasteiger partial charge in [-0.1, -0.05) is 146 Å². The smallest absolute Gasteiger partial charge is 0.164 e. The van der Waals surface area contributed by atoms with Crippen LogP contribution in [0.4, 0.5) is 0 Å². The Morgan fingerprint density at radius 3 is 1.67 bits per heavy atom. The second kappa shape index (κ2) is 12.4. The number of hydrogen-bond acceptors (Lipinski definition) is 4. The van der Waals surface area contributed by atoms with E-state index in [0.29, 0.717) is 17.5 Å². The van der Waals surface area contributed by atoms with Crippen LogP contribution in [0.5, 0.6) is 0 Å². The van der Waals surface area contributed by atoms with E-state index in [1.807, 2.05) is 48.7 Å². The van der Waals surface area contributed by atoms with E-state index in [0.717, 1.165) is 54.9 Å². The summed E-state index contributed by atoms with van der Waals surface area (Å²) in [6.07, 6.45) is 1.88. The molecule has 0 saturated heterocycles. The molecule has 0 aliphatic heterocycles. The lowest BCUT2D eigenvalue weighted by atomic mass is 9.91. The van der Waals surface area contributed by atoms with Crippen LogP contribution < -0.4 is 0 Å². The summed E-state index contributed by atoms with van der Waals surface area (Å²) in [5.74, 6) is 1.90. The van der Waals surface area contributed by atoms with Crippen molar-refractivity contribution >= 4 is 43.2 Å². The fourth-order valence-electron chi connectivity index (χ4n) is 7.34. The van der Waals surface area contributed by atoms with Crippen LogP contribution in [0.3, 0.4) is 0 Å². The van der Waals surface area contributed by atoms with Crippen LogP contribution in [0.25, 0.3) is 99.6 Å². The van der Waals surface area contributed by atoms with Crippen LogP contribution >= 0.6 is 0 Å². The number of rotatable bonds is 5. The summed E-state index contributed by atoms with van der Waals surface area (Å²) in [4.78, 5) is 20.1. The minimum absolute atomic E-state index is 0.627. The Hall–Kier alpha value is -7.04. The molecule has 0 aliphatic rings. The third kappa shape index (κ3) is 5.26. The lowest BCUT2D eigenvalue weighted by molar-refractivity contribution is 1.07. The van der Waals surface area contributed by atoms with E-state index in [1.54, 1.807) is 0 Å². The van der Waals surface area contributed by atoms with Gasteiger partial charge in [0.15, 0.2) is 17.5 Å². The fourth-order valence-corrected chi connectivity index (χ4v) is 7.34. The van der Waals surface area contributed by atoms with Crippen molar-refractivity contribution in [3.8, 4) is 56.4 Å². The van der Waals surface area contributed by atoms with Crippen molar-refractivity contribution in [2.24, 2.45) is 0 Å². The van der Waals surface area contributed by atoms with Gasteiger partial charge in [-0.05, 0) is 79.5 Å². The Kier molecular flexibility index (Phi) is 7.10. The van der Waals surface area contributed by atoms with Gasteiger partial charge in [0, 0.05) is 33.7 Å². The maximum Gasteiger partial charge on any atom is 0.164 e. The average Bonchev–Trinajstić information content (AvgIpc) is 3.23. The zero-order chi connectivity index (χ0) is 34.4. The fraction of sp³-hybridized carbons (Fsp3) is 0. The van der Waals surface area contributed by atoms with Crippen molar-refractivity contribution in [1.29, 1.82) is 0 Å². The van der Waals surface area contributed by atoms with Crippen molar-refractivity contribution in [3.05, 3.63) is 182 Å². The molecule has 0 unspecified atom stereocenters. The first-order chi connectivity index (χ1) is 25.7. The largest absolute Gasteiger partial charge is 0.256 e. The molecule has 10 aromatic rings. The molecule has 0 spiro atoms. The molecular formula is C48H30N4. The minimum Gasteiger partial charge on any atom is -0.256 e. The highest BCUT2D eigenvalue weighted by molar-refractivity contribution is 6.22. The SMILES string of the molecule is c1ccc(-c2ccc3cc(-c4nc(-c5ccccc5)nc(-c5cccc(-c6cc7ccccc7c7c6ccc6cccnc67)c5)n4)ccc3c2)cc1. The zero-order valence-corrected chi connectivity index (χ0v) is 28.1. The molecule has 2 aromatic heterocycles. The first kappa shape index (κ1) is 29.8. The molecule has 0 atom stereocenters. The molecule has 52 heavy (non-hydrogen) atoms. The molecule has 0 bridgehead atoms. The Balaban J connectivity index is 1.13. The maximum atomic E-state index is 5.13. The summed E-state index contributed by atoms with van der Waals surface area (Å²) >= 11 is 0. The lowest BCUT2D eigenvalue weighted by Crippen LogP contribution is -2.00. The Morgan fingerprint density at radius 1 is 0.308 bits per heavy atom. The van der Waals surface area contributed by atoms with E-state index in [4.69, 9.17) is 19.9 Å². The van der Waals surface area contributed by atoms with Crippen molar-refractivity contribution in [2.45, 2.75) is 0 Å². The molecule has 4 heteroatoms. The Labute approximate surface area is 300 Å². The summed E-state index contributed by atoms with van der Waals surface area (Å²) in [5, 5.41) is 8.13. The quantitative estimate of drug-likeness (QED) is 0.172. The normalized spacial score (nSPS) is 11.5. The molecular weight excluding hydrogens is 633 g/mol. The number of hydrogen-bond donors (Lipinski definition) is 0. The highest BCUT2D eigenvalue weighted by Gasteiger charge is 2.16. The number of pyridine rings is 1. The molecule has 0 amide bonds. The zero-order valence-electron chi connectivity index (χ0n) is 28.1. The second-order valence-corrected chi connectivity index (χ2v) is 13.1. The Bertz CT molecular complexity index is 2940. The van der Waals surface area contributed by atoms with Crippen LogP contribution in [-0.2, 0) is 0 Å². The molecule has 2 heterocycles. The number of fused-ring (bicyclic) bond motifs is 6. The molecule has 0 aliphatic carbocycles. The third-order valence-corrected chi connectivity index (χ3v) is 9.90. The van der Waals surface area contributed by atoms with Gasteiger partial charge in [-0.3, -0.25) is 4.98 Å².